The van der Waals surface area contributed by atoms with Gasteiger partial charge in [0.1, 0.15) is 29.6 Å². The Morgan fingerprint density at radius 1 is 1.33 bits per heavy atom. The van der Waals surface area contributed by atoms with Crippen molar-refractivity contribution in [1.29, 1.82) is 5.26 Å². The van der Waals surface area contributed by atoms with E-state index in [-0.39, 0.29) is 0 Å². The van der Waals surface area contributed by atoms with Gasteiger partial charge < -0.3 is 9.88 Å². The molecule has 1 aliphatic heterocycles. The Morgan fingerprint density at radius 2 is 2.26 bits per heavy atom. The number of nitriles is 1. The number of nitrogens with zero attached hydrogens (tertiary/aromatic N) is 5. The fraction of sp³-hybridized carbons (Fsp3) is 0.429. The molecule has 27 heavy (non-hydrogen) atoms. The lowest BCUT2D eigenvalue weighted by atomic mass is 9.88. The van der Waals surface area contributed by atoms with Gasteiger partial charge in [-0.1, -0.05) is 19.4 Å². The van der Waals surface area contributed by atoms with Crippen molar-refractivity contribution in [3.8, 4) is 6.07 Å². The Morgan fingerprint density at radius 3 is 3.11 bits per heavy atom. The zero-order chi connectivity index (χ0) is 18.6. The number of nitrogens with one attached hydrogen (secondary N) is 1. The molecule has 0 spiro atoms. The Bertz CT molecular complexity index is 956. The minimum atomic E-state index is 0.408. The molecule has 6 heteroatoms. The first-order chi connectivity index (χ1) is 13.3. The molecular weight excluding hydrogens is 336 g/mol. The van der Waals surface area contributed by atoms with Crippen molar-refractivity contribution in [3.63, 3.8) is 0 Å². The van der Waals surface area contributed by atoms with E-state index in [9.17, 15) is 0 Å². The Hall–Kier alpha value is -2.94. The molecule has 0 bridgehead atoms. The SMILES string of the molecule is CCCC(CC1CCN(c2ncnc3[nH]ccc23)C1)c1cccc(C#N)n1. The number of H-pyrrole nitrogens is 1. The third-order valence-corrected chi connectivity index (χ3v) is 5.48. The van der Waals surface area contributed by atoms with E-state index in [4.69, 9.17) is 5.26 Å². The summed E-state index contributed by atoms with van der Waals surface area (Å²) in [6.45, 7) is 4.24. The second-order valence-corrected chi connectivity index (χ2v) is 7.32. The maximum absolute atomic E-state index is 9.15. The van der Waals surface area contributed by atoms with E-state index < -0.39 is 0 Å². The summed E-state index contributed by atoms with van der Waals surface area (Å²) in [6, 6.07) is 10.0. The van der Waals surface area contributed by atoms with Crippen LogP contribution in [0.1, 0.15) is 49.9 Å². The van der Waals surface area contributed by atoms with Crippen LogP contribution in [0.25, 0.3) is 11.0 Å². The van der Waals surface area contributed by atoms with Gasteiger partial charge in [0.2, 0.25) is 0 Å². The molecule has 1 fully saturated rings. The summed E-state index contributed by atoms with van der Waals surface area (Å²) in [5, 5.41) is 10.2. The molecule has 0 amide bonds. The predicted molar refractivity (Wildman–Crippen MR) is 105 cm³/mol. The highest BCUT2D eigenvalue weighted by Crippen LogP contribution is 2.34. The van der Waals surface area contributed by atoms with Crippen LogP contribution in [0.2, 0.25) is 0 Å². The molecule has 0 radical (unpaired) electrons. The van der Waals surface area contributed by atoms with Crippen molar-refractivity contribution in [2.75, 3.05) is 18.0 Å². The summed E-state index contributed by atoms with van der Waals surface area (Å²) in [6.07, 6.45) is 8.05. The fourth-order valence-corrected chi connectivity index (χ4v) is 4.21. The summed E-state index contributed by atoms with van der Waals surface area (Å²) < 4.78 is 0. The standard InChI is InChI=1S/C21H24N6/c1-2-4-16(19-6-3-5-17(12-22)26-19)11-15-8-10-27(13-15)21-18-7-9-23-20(18)24-14-25-21/h3,5-7,9,14-16H,2,4,8,10-11,13H2,1H3,(H,23,24,25). The van der Waals surface area contributed by atoms with Crippen LogP contribution in [0.15, 0.2) is 36.8 Å². The number of fused-ring (bicyclic) bond motifs is 1. The second-order valence-electron chi connectivity index (χ2n) is 7.32. The molecule has 0 aliphatic carbocycles. The highest BCUT2D eigenvalue weighted by molar-refractivity contribution is 5.87. The van der Waals surface area contributed by atoms with Gasteiger partial charge in [0.25, 0.3) is 0 Å². The molecule has 1 saturated heterocycles. The second kappa shape index (κ2) is 7.75. The number of aromatic nitrogens is 4. The van der Waals surface area contributed by atoms with Crippen molar-refractivity contribution < 1.29 is 0 Å². The minimum absolute atomic E-state index is 0.408. The van der Waals surface area contributed by atoms with Gasteiger partial charge in [-0.05, 0) is 43.4 Å². The first-order valence-electron chi connectivity index (χ1n) is 9.68. The molecule has 6 nitrogen and oxygen atoms in total. The highest BCUT2D eigenvalue weighted by atomic mass is 15.2. The molecule has 3 aromatic rings. The van der Waals surface area contributed by atoms with Crippen molar-refractivity contribution >= 4 is 16.9 Å². The summed E-state index contributed by atoms with van der Waals surface area (Å²) in [7, 11) is 0. The summed E-state index contributed by atoms with van der Waals surface area (Å²) in [5.74, 6) is 2.05. The number of rotatable bonds is 6. The number of pyridine rings is 1. The van der Waals surface area contributed by atoms with Crippen molar-refractivity contribution in [2.45, 2.75) is 38.5 Å². The lowest BCUT2D eigenvalue weighted by Gasteiger charge is -2.21. The fourth-order valence-electron chi connectivity index (χ4n) is 4.21. The average Bonchev–Trinajstić information content (AvgIpc) is 3.37. The lowest BCUT2D eigenvalue weighted by Crippen LogP contribution is -2.21. The Labute approximate surface area is 159 Å². The van der Waals surface area contributed by atoms with E-state index in [1.165, 1.54) is 0 Å². The molecular formula is C21H24N6. The maximum Gasteiger partial charge on any atom is 0.142 e. The minimum Gasteiger partial charge on any atom is -0.356 e. The van der Waals surface area contributed by atoms with Gasteiger partial charge in [-0.25, -0.2) is 15.0 Å². The van der Waals surface area contributed by atoms with Gasteiger partial charge in [-0.15, -0.1) is 0 Å². The Kier molecular flexibility index (Phi) is 5.01. The molecule has 138 valence electrons. The van der Waals surface area contributed by atoms with Crippen LogP contribution in [0.5, 0.6) is 0 Å². The van der Waals surface area contributed by atoms with Crippen molar-refractivity contribution in [3.05, 3.63) is 48.2 Å². The van der Waals surface area contributed by atoms with Crippen LogP contribution in [-0.2, 0) is 0 Å². The third-order valence-electron chi connectivity index (χ3n) is 5.48. The molecule has 0 saturated carbocycles. The topological polar surface area (TPSA) is 81.5 Å². The van der Waals surface area contributed by atoms with E-state index in [0.29, 0.717) is 17.5 Å². The predicted octanol–water partition coefficient (Wildman–Crippen LogP) is 4.02. The van der Waals surface area contributed by atoms with Crippen LogP contribution >= 0.6 is 0 Å². The van der Waals surface area contributed by atoms with Gasteiger partial charge in [-0.3, -0.25) is 0 Å². The number of anilines is 1. The van der Waals surface area contributed by atoms with E-state index in [0.717, 1.165) is 61.3 Å². The maximum atomic E-state index is 9.15. The molecule has 4 rings (SSSR count). The van der Waals surface area contributed by atoms with Gasteiger partial charge in [0.15, 0.2) is 0 Å². The van der Waals surface area contributed by atoms with Crippen LogP contribution in [0, 0.1) is 17.2 Å². The monoisotopic (exact) mass is 360 g/mol. The quantitative estimate of drug-likeness (QED) is 0.718. The van der Waals surface area contributed by atoms with Gasteiger partial charge in [-0.2, -0.15) is 5.26 Å². The van der Waals surface area contributed by atoms with E-state index in [1.54, 1.807) is 12.4 Å². The molecule has 3 aromatic heterocycles. The zero-order valence-electron chi connectivity index (χ0n) is 15.6. The summed E-state index contributed by atoms with van der Waals surface area (Å²) in [4.78, 5) is 18.9. The van der Waals surface area contributed by atoms with E-state index in [1.807, 2.05) is 12.3 Å². The van der Waals surface area contributed by atoms with Crippen molar-refractivity contribution in [2.24, 2.45) is 5.92 Å². The smallest absolute Gasteiger partial charge is 0.142 e. The zero-order valence-corrected chi connectivity index (χ0v) is 15.6. The summed E-state index contributed by atoms with van der Waals surface area (Å²) in [5.41, 5.74) is 2.46. The van der Waals surface area contributed by atoms with Gasteiger partial charge in [0, 0.05) is 30.9 Å². The molecule has 2 unspecified atom stereocenters. The van der Waals surface area contributed by atoms with Crippen molar-refractivity contribution in [1.82, 2.24) is 19.9 Å². The first kappa shape index (κ1) is 17.5. The molecule has 2 atom stereocenters. The lowest BCUT2D eigenvalue weighted by molar-refractivity contribution is 0.440. The first-order valence-corrected chi connectivity index (χ1v) is 9.68. The molecule has 1 aliphatic rings. The van der Waals surface area contributed by atoms with Crippen LogP contribution in [0.4, 0.5) is 5.82 Å². The molecule has 1 N–H and O–H groups in total. The Balaban J connectivity index is 1.49. The van der Waals surface area contributed by atoms with Gasteiger partial charge >= 0.3 is 0 Å². The van der Waals surface area contributed by atoms with Gasteiger partial charge in [0.05, 0.1) is 5.39 Å². The van der Waals surface area contributed by atoms with Crippen LogP contribution in [-0.4, -0.2) is 33.0 Å². The largest absolute Gasteiger partial charge is 0.356 e. The molecule has 4 heterocycles. The van der Waals surface area contributed by atoms with E-state index >= 15 is 0 Å². The average molecular weight is 360 g/mol. The van der Waals surface area contributed by atoms with Crippen LogP contribution < -0.4 is 4.90 Å². The number of hydrogen-bond acceptors (Lipinski definition) is 5. The summed E-state index contributed by atoms with van der Waals surface area (Å²) >= 11 is 0. The highest BCUT2D eigenvalue weighted by Gasteiger charge is 2.28. The third kappa shape index (κ3) is 3.63. The number of aromatic amines is 1. The number of hydrogen-bond donors (Lipinski definition) is 1. The normalized spacial score (nSPS) is 17.9. The van der Waals surface area contributed by atoms with E-state index in [2.05, 4.69) is 50.0 Å². The van der Waals surface area contributed by atoms with Crippen LogP contribution in [0.3, 0.4) is 0 Å². The molecule has 0 aromatic carbocycles.